The van der Waals surface area contributed by atoms with E-state index in [-0.39, 0.29) is 11.8 Å². The van der Waals surface area contributed by atoms with Gasteiger partial charge in [-0.2, -0.15) is 0 Å². The van der Waals surface area contributed by atoms with Crippen molar-refractivity contribution in [1.29, 1.82) is 0 Å². The molecule has 2 rings (SSSR count). The van der Waals surface area contributed by atoms with Crippen LogP contribution in [0.15, 0.2) is 18.2 Å². The second-order valence-electron chi connectivity index (χ2n) is 6.65. The Balaban J connectivity index is 1.70. The molecular formula is C20H29NO3. The van der Waals surface area contributed by atoms with E-state index >= 15 is 0 Å². The molecule has 132 valence electrons. The molecule has 1 heterocycles. The van der Waals surface area contributed by atoms with Gasteiger partial charge in [-0.25, -0.2) is 0 Å². The quantitative estimate of drug-likeness (QED) is 0.716. The molecule has 0 saturated carbocycles. The number of Topliss-reactive ketones (excluding diaryl/α,β-unsaturated/α-hetero) is 1. The Labute approximate surface area is 145 Å². The number of hydrogen-bond donors (Lipinski definition) is 0. The second kappa shape index (κ2) is 8.86. The maximum atomic E-state index is 12.3. The van der Waals surface area contributed by atoms with Crippen LogP contribution in [0.1, 0.15) is 50.2 Å². The number of hydrogen-bond acceptors (Lipinski definition) is 3. The van der Waals surface area contributed by atoms with Crippen LogP contribution in [0.5, 0.6) is 5.75 Å². The number of ketones is 1. The zero-order chi connectivity index (χ0) is 17.5. The minimum absolute atomic E-state index is 0.159. The van der Waals surface area contributed by atoms with Gasteiger partial charge in [0.2, 0.25) is 5.91 Å². The minimum atomic E-state index is 0.159. The number of carbonyl (C=O) groups is 2. The lowest BCUT2D eigenvalue weighted by atomic mass is 9.91. The van der Waals surface area contributed by atoms with Crippen molar-refractivity contribution in [2.24, 2.45) is 5.92 Å². The first kappa shape index (κ1) is 18.5. The zero-order valence-corrected chi connectivity index (χ0v) is 15.1. The van der Waals surface area contributed by atoms with Gasteiger partial charge in [-0.15, -0.1) is 0 Å². The normalized spacial score (nSPS) is 15.4. The number of benzene rings is 1. The molecule has 1 aromatic rings. The number of amides is 1. The number of aryl methyl sites for hydroxylation is 2. The summed E-state index contributed by atoms with van der Waals surface area (Å²) in [5.74, 6) is 1.61. The van der Waals surface area contributed by atoms with Crippen molar-refractivity contribution in [3.63, 3.8) is 0 Å². The number of para-hydroxylation sites is 1. The molecule has 0 unspecified atom stereocenters. The highest BCUT2D eigenvalue weighted by molar-refractivity contribution is 5.81. The van der Waals surface area contributed by atoms with Gasteiger partial charge >= 0.3 is 0 Å². The molecule has 1 saturated heterocycles. The smallest absolute Gasteiger partial charge is 0.222 e. The molecule has 1 fully saturated rings. The average Bonchev–Trinajstić information content (AvgIpc) is 2.60. The lowest BCUT2D eigenvalue weighted by molar-refractivity contribution is -0.135. The number of piperidine rings is 1. The van der Waals surface area contributed by atoms with Gasteiger partial charge in [0.1, 0.15) is 11.5 Å². The third kappa shape index (κ3) is 4.83. The molecule has 1 amide bonds. The van der Waals surface area contributed by atoms with Crippen molar-refractivity contribution in [2.45, 2.75) is 52.9 Å². The van der Waals surface area contributed by atoms with Crippen LogP contribution in [-0.2, 0) is 9.59 Å². The van der Waals surface area contributed by atoms with Gasteiger partial charge in [0.25, 0.3) is 0 Å². The van der Waals surface area contributed by atoms with E-state index in [1.807, 2.05) is 43.9 Å². The lowest BCUT2D eigenvalue weighted by Crippen LogP contribution is -2.40. The van der Waals surface area contributed by atoms with E-state index < -0.39 is 0 Å². The number of nitrogens with zero attached hydrogens (tertiary/aromatic N) is 1. The van der Waals surface area contributed by atoms with Crippen LogP contribution in [0.25, 0.3) is 0 Å². The van der Waals surface area contributed by atoms with Crippen molar-refractivity contribution in [3.8, 4) is 5.75 Å². The van der Waals surface area contributed by atoms with Crippen molar-refractivity contribution in [1.82, 2.24) is 4.90 Å². The molecule has 1 aliphatic heterocycles. The molecule has 0 N–H and O–H groups in total. The maximum Gasteiger partial charge on any atom is 0.222 e. The molecule has 0 atom stereocenters. The highest BCUT2D eigenvalue weighted by atomic mass is 16.5. The summed E-state index contributed by atoms with van der Waals surface area (Å²) in [6.07, 6.45) is 3.47. The van der Waals surface area contributed by atoms with E-state index in [9.17, 15) is 9.59 Å². The van der Waals surface area contributed by atoms with Gasteiger partial charge in [-0.1, -0.05) is 25.1 Å². The maximum absolute atomic E-state index is 12.3. The van der Waals surface area contributed by atoms with Crippen LogP contribution < -0.4 is 4.74 Å². The topological polar surface area (TPSA) is 46.6 Å². The van der Waals surface area contributed by atoms with E-state index in [0.29, 0.717) is 38.3 Å². The predicted molar refractivity (Wildman–Crippen MR) is 95.2 cm³/mol. The van der Waals surface area contributed by atoms with Crippen LogP contribution in [0.2, 0.25) is 0 Å². The van der Waals surface area contributed by atoms with E-state index in [0.717, 1.165) is 36.1 Å². The Kier molecular flexibility index (Phi) is 6.83. The van der Waals surface area contributed by atoms with Crippen molar-refractivity contribution < 1.29 is 14.3 Å². The molecule has 1 aromatic carbocycles. The van der Waals surface area contributed by atoms with Gasteiger partial charge in [0.05, 0.1) is 6.61 Å². The summed E-state index contributed by atoms with van der Waals surface area (Å²) in [5, 5.41) is 0. The standard InChI is InChI=1S/C20H29NO3/c1-4-18(22)17-10-12-21(13-11-17)19(23)9-6-14-24-20-15(2)7-5-8-16(20)3/h5,7-8,17H,4,6,9-14H2,1-3H3. The molecule has 0 radical (unpaired) electrons. The summed E-state index contributed by atoms with van der Waals surface area (Å²) in [6.45, 7) is 7.97. The van der Waals surface area contributed by atoms with Crippen LogP contribution >= 0.6 is 0 Å². The Morgan fingerprint density at radius 2 is 1.79 bits per heavy atom. The molecule has 4 heteroatoms. The molecule has 24 heavy (non-hydrogen) atoms. The first-order valence-electron chi connectivity index (χ1n) is 9.02. The number of carbonyl (C=O) groups excluding carboxylic acids is 2. The van der Waals surface area contributed by atoms with E-state index in [2.05, 4.69) is 0 Å². The third-order valence-corrected chi connectivity index (χ3v) is 4.84. The number of ether oxygens (including phenoxy) is 1. The molecule has 0 aromatic heterocycles. The minimum Gasteiger partial charge on any atom is -0.493 e. The average molecular weight is 331 g/mol. The molecule has 4 nitrogen and oxygen atoms in total. The summed E-state index contributed by atoms with van der Waals surface area (Å²) in [6, 6.07) is 6.10. The van der Waals surface area contributed by atoms with Gasteiger partial charge in [0.15, 0.2) is 0 Å². The second-order valence-corrected chi connectivity index (χ2v) is 6.65. The van der Waals surface area contributed by atoms with Crippen molar-refractivity contribution >= 4 is 11.7 Å². The first-order chi connectivity index (χ1) is 11.5. The zero-order valence-electron chi connectivity index (χ0n) is 15.1. The molecule has 1 aliphatic rings. The molecule has 0 spiro atoms. The van der Waals surface area contributed by atoms with Gasteiger partial charge in [-0.05, 0) is 44.2 Å². The van der Waals surface area contributed by atoms with Crippen LogP contribution in [0, 0.1) is 19.8 Å². The Hall–Kier alpha value is -1.84. The summed E-state index contributed by atoms with van der Waals surface area (Å²) in [7, 11) is 0. The summed E-state index contributed by atoms with van der Waals surface area (Å²) in [5.41, 5.74) is 2.26. The van der Waals surface area contributed by atoms with Crippen LogP contribution in [0.3, 0.4) is 0 Å². The Morgan fingerprint density at radius 1 is 1.17 bits per heavy atom. The van der Waals surface area contributed by atoms with Gasteiger partial charge in [0, 0.05) is 31.8 Å². The fourth-order valence-electron chi connectivity index (χ4n) is 3.32. The molecule has 0 aliphatic carbocycles. The lowest BCUT2D eigenvalue weighted by Gasteiger charge is -2.31. The van der Waals surface area contributed by atoms with E-state index in [4.69, 9.17) is 4.74 Å². The Morgan fingerprint density at radius 3 is 2.38 bits per heavy atom. The van der Waals surface area contributed by atoms with Crippen molar-refractivity contribution in [2.75, 3.05) is 19.7 Å². The Bertz CT molecular complexity index is 554. The first-order valence-corrected chi connectivity index (χ1v) is 9.02. The largest absolute Gasteiger partial charge is 0.493 e. The summed E-state index contributed by atoms with van der Waals surface area (Å²) >= 11 is 0. The highest BCUT2D eigenvalue weighted by Crippen LogP contribution is 2.23. The van der Waals surface area contributed by atoms with Gasteiger partial charge in [-0.3, -0.25) is 9.59 Å². The fraction of sp³-hybridized carbons (Fsp3) is 0.600. The summed E-state index contributed by atoms with van der Waals surface area (Å²) in [4.78, 5) is 25.9. The highest BCUT2D eigenvalue weighted by Gasteiger charge is 2.25. The van der Waals surface area contributed by atoms with Crippen LogP contribution in [-0.4, -0.2) is 36.3 Å². The molecular weight excluding hydrogens is 302 g/mol. The fourth-order valence-corrected chi connectivity index (χ4v) is 3.32. The number of likely N-dealkylation sites (tertiary alicyclic amines) is 1. The summed E-state index contributed by atoms with van der Waals surface area (Å²) < 4.78 is 5.85. The number of rotatable bonds is 7. The van der Waals surface area contributed by atoms with E-state index in [1.165, 1.54) is 0 Å². The monoisotopic (exact) mass is 331 g/mol. The van der Waals surface area contributed by atoms with Crippen LogP contribution in [0.4, 0.5) is 0 Å². The SMILES string of the molecule is CCC(=O)C1CCN(C(=O)CCCOc2c(C)cccc2C)CC1. The van der Waals surface area contributed by atoms with E-state index in [1.54, 1.807) is 0 Å². The van der Waals surface area contributed by atoms with Gasteiger partial charge < -0.3 is 9.64 Å². The third-order valence-electron chi connectivity index (χ3n) is 4.84. The molecule has 0 bridgehead atoms. The predicted octanol–water partition coefficient (Wildman–Crippen LogP) is 3.68. The van der Waals surface area contributed by atoms with Crippen molar-refractivity contribution in [3.05, 3.63) is 29.3 Å².